The molecule has 6 heteroatoms. The van der Waals surface area contributed by atoms with Crippen LogP contribution < -0.4 is 15.0 Å². The molecule has 6 nitrogen and oxygen atoms in total. The van der Waals surface area contributed by atoms with Crippen molar-refractivity contribution in [2.24, 2.45) is 0 Å². The predicted octanol–water partition coefficient (Wildman–Crippen LogP) is 2.40. The highest BCUT2D eigenvalue weighted by Gasteiger charge is 2.50. The van der Waals surface area contributed by atoms with Crippen molar-refractivity contribution in [2.75, 3.05) is 17.3 Å². The number of nitrogens with one attached hydrogen (secondary N) is 1. The molecule has 1 aromatic carbocycles. The molecule has 2 amide bonds. The summed E-state index contributed by atoms with van der Waals surface area (Å²) in [6, 6.07) is 10.9. The van der Waals surface area contributed by atoms with Crippen LogP contribution in [0.5, 0.6) is 5.75 Å². The summed E-state index contributed by atoms with van der Waals surface area (Å²) in [4.78, 5) is 31.0. The van der Waals surface area contributed by atoms with E-state index >= 15 is 0 Å². The van der Waals surface area contributed by atoms with Crippen molar-refractivity contribution >= 4 is 23.3 Å². The molecule has 0 radical (unpaired) electrons. The molecule has 0 bridgehead atoms. The smallest absolute Gasteiger partial charge is 0.281 e. The number of likely N-dealkylation sites (N-methyl/N-ethyl adjacent to an activating group) is 1. The number of aryl methyl sites for hydroxylation is 1. The number of ether oxygens (including phenoxy) is 1. The highest BCUT2D eigenvalue weighted by Crippen LogP contribution is 2.35. The zero-order valence-corrected chi connectivity index (χ0v) is 13.9. The minimum atomic E-state index is -1.65. The third-order valence-electron chi connectivity index (χ3n) is 4.18. The van der Waals surface area contributed by atoms with Gasteiger partial charge in [-0.25, -0.2) is 4.98 Å². The summed E-state index contributed by atoms with van der Waals surface area (Å²) in [5, 5.41) is 2.82. The molecule has 1 aromatic heterocycles. The van der Waals surface area contributed by atoms with E-state index in [-0.39, 0.29) is 0 Å². The van der Waals surface area contributed by atoms with Gasteiger partial charge in [-0.1, -0.05) is 25.1 Å². The lowest BCUT2D eigenvalue weighted by atomic mass is 10.0. The molecule has 1 atom stereocenters. The van der Waals surface area contributed by atoms with Crippen LogP contribution >= 0.6 is 0 Å². The number of hydrogen-bond donors (Lipinski definition) is 1. The third kappa shape index (κ3) is 2.50. The Hall–Kier alpha value is -2.89. The van der Waals surface area contributed by atoms with E-state index in [0.717, 1.165) is 12.0 Å². The van der Waals surface area contributed by atoms with Gasteiger partial charge in [0.2, 0.25) is 0 Å². The fraction of sp³-hybridized carbons (Fsp3) is 0.278. The summed E-state index contributed by atoms with van der Waals surface area (Å²) >= 11 is 0. The Bertz CT molecular complexity index is 806. The predicted molar refractivity (Wildman–Crippen MR) is 91.1 cm³/mol. The lowest BCUT2D eigenvalue weighted by molar-refractivity contribution is -0.145. The molecule has 0 spiro atoms. The van der Waals surface area contributed by atoms with Gasteiger partial charge in [-0.15, -0.1) is 0 Å². The number of para-hydroxylation sites is 1. The van der Waals surface area contributed by atoms with Gasteiger partial charge in [-0.2, -0.15) is 0 Å². The number of benzene rings is 1. The van der Waals surface area contributed by atoms with Crippen LogP contribution in [0.3, 0.4) is 0 Å². The van der Waals surface area contributed by atoms with E-state index < -0.39 is 17.4 Å². The van der Waals surface area contributed by atoms with E-state index in [1.165, 1.54) is 11.8 Å². The van der Waals surface area contributed by atoms with E-state index in [9.17, 15) is 9.59 Å². The second-order valence-corrected chi connectivity index (χ2v) is 5.79. The first kappa shape index (κ1) is 16.0. The van der Waals surface area contributed by atoms with Gasteiger partial charge in [0.15, 0.2) is 11.6 Å². The van der Waals surface area contributed by atoms with Gasteiger partial charge in [0, 0.05) is 18.9 Å². The van der Waals surface area contributed by atoms with Crippen molar-refractivity contribution in [3.8, 4) is 5.75 Å². The average Bonchev–Trinajstić information content (AvgIpc) is 2.60. The molecule has 1 aliphatic heterocycles. The molecular formula is C18H19N3O3. The van der Waals surface area contributed by atoms with Crippen LogP contribution in [0.25, 0.3) is 0 Å². The molecule has 1 N–H and O–H groups in total. The molecule has 2 aromatic rings. The van der Waals surface area contributed by atoms with Crippen LogP contribution in [0.4, 0.5) is 11.5 Å². The van der Waals surface area contributed by atoms with Gasteiger partial charge in [0.05, 0.1) is 0 Å². The Morgan fingerprint density at radius 2 is 2.04 bits per heavy atom. The maximum atomic E-state index is 12.8. The average molecular weight is 325 g/mol. The highest BCUT2D eigenvalue weighted by molar-refractivity contribution is 6.19. The third-order valence-corrected chi connectivity index (χ3v) is 4.18. The molecule has 0 aliphatic carbocycles. The number of hydrogen-bond acceptors (Lipinski definition) is 4. The molecule has 1 aliphatic rings. The van der Waals surface area contributed by atoms with Crippen LogP contribution in [-0.2, 0) is 16.0 Å². The summed E-state index contributed by atoms with van der Waals surface area (Å²) in [6.07, 6.45) is 2.35. The van der Waals surface area contributed by atoms with Gasteiger partial charge in [-0.05, 0) is 37.1 Å². The van der Waals surface area contributed by atoms with E-state index in [0.29, 0.717) is 17.3 Å². The van der Waals surface area contributed by atoms with Gasteiger partial charge in [0.25, 0.3) is 17.4 Å². The standard InChI is InChI=1S/C18H19N3O3/c1-4-12-8-5-6-9-13(12)20-16(22)18(2)17(23)21(3)15-14(24-18)10-7-11-19-15/h5-11H,4H2,1-3H3,(H,20,22)/t18-/m1/s1. The van der Waals surface area contributed by atoms with Crippen molar-refractivity contribution < 1.29 is 14.3 Å². The fourth-order valence-corrected chi connectivity index (χ4v) is 2.73. The lowest BCUT2D eigenvalue weighted by Gasteiger charge is -2.37. The SMILES string of the molecule is CCc1ccccc1NC(=O)[C@@]1(C)Oc2cccnc2N(C)C1=O. The topological polar surface area (TPSA) is 71.5 Å². The second-order valence-electron chi connectivity index (χ2n) is 5.79. The second kappa shape index (κ2) is 5.96. The zero-order chi connectivity index (χ0) is 17.3. The summed E-state index contributed by atoms with van der Waals surface area (Å²) in [6.45, 7) is 3.48. The number of aromatic nitrogens is 1. The summed E-state index contributed by atoms with van der Waals surface area (Å²) in [5.41, 5.74) is 0.0291. The number of nitrogens with zero attached hydrogens (tertiary/aromatic N) is 2. The van der Waals surface area contributed by atoms with Gasteiger partial charge in [-0.3, -0.25) is 14.5 Å². The Labute approximate surface area is 140 Å². The molecular weight excluding hydrogens is 306 g/mol. The maximum Gasteiger partial charge on any atom is 0.281 e. The van der Waals surface area contributed by atoms with Crippen molar-refractivity contribution in [1.82, 2.24) is 4.98 Å². The van der Waals surface area contributed by atoms with Gasteiger partial charge in [0.1, 0.15) is 0 Å². The van der Waals surface area contributed by atoms with Gasteiger partial charge >= 0.3 is 0 Å². The van der Waals surface area contributed by atoms with Crippen LogP contribution in [0.15, 0.2) is 42.6 Å². The fourth-order valence-electron chi connectivity index (χ4n) is 2.73. The van der Waals surface area contributed by atoms with Crippen molar-refractivity contribution in [3.63, 3.8) is 0 Å². The Kier molecular flexibility index (Phi) is 3.97. The van der Waals surface area contributed by atoms with Gasteiger partial charge < -0.3 is 10.1 Å². The van der Waals surface area contributed by atoms with Crippen molar-refractivity contribution in [2.45, 2.75) is 25.9 Å². The van der Waals surface area contributed by atoms with E-state index in [4.69, 9.17) is 4.74 Å². The lowest BCUT2D eigenvalue weighted by Crippen LogP contribution is -2.60. The molecule has 2 heterocycles. The van der Waals surface area contributed by atoms with E-state index in [2.05, 4.69) is 10.3 Å². The highest BCUT2D eigenvalue weighted by atomic mass is 16.5. The molecule has 0 unspecified atom stereocenters. The Morgan fingerprint density at radius 3 is 2.79 bits per heavy atom. The molecule has 124 valence electrons. The number of rotatable bonds is 3. The summed E-state index contributed by atoms with van der Waals surface area (Å²) in [7, 11) is 1.59. The Morgan fingerprint density at radius 1 is 1.29 bits per heavy atom. The van der Waals surface area contributed by atoms with Crippen LogP contribution in [0.1, 0.15) is 19.4 Å². The summed E-state index contributed by atoms with van der Waals surface area (Å²) in [5.74, 6) is -0.155. The zero-order valence-electron chi connectivity index (χ0n) is 13.9. The van der Waals surface area contributed by atoms with Crippen LogP contribution in [0, 0.1) is 0 Å². The first-order chi connectivity index (χ1) is 11.5. The maximum absolute atomic E-state index is 12.8. The minimum Gasteiger partial charge on any atom is -0.464 e. The first-order valence-electron chi connectivity index (χ1n) is 7.79. The number of amides is 2. The van der Waals surface area contributed by atoms with Crippen LogP contribution in [0.2, 0.25) is 0 Å². The molecule has 24 heavy (non-hydrogen) atoms. The molecule has 3 rings (SSSR count). The normalized spacial score (nSPS) is 19.5. The number of anilines is 2. The number of pyridine rings is 1. The summed E-state index contributed by atoms with van der Waals surface area (Å²) < 4.78 is 5.74. The van der Waals surface area contributed by atoms with E-state index in [1.807, 2.05) is 31.2 Å². The Balaban J connectivity index is 1.93. The van der Waals surface area contributed by atoms with E-state index in [1.54, 1.807) is 25.4 Å². The molecule has 0 saturated heterocycles. The first-order valence-corrected chi connectivity index (χ1v) is 7.79. The van der Waals surface area contributed by atoms with Crippen LogP contribution in [-0.4, -0.2) is 29.4 Å². The number of carbonyl (C=O) groups excluding carboxylic acids is 2. The molecule has 0 fully saturated rings. The van der Waals surface area contributed by atoms with Crippen molar-refractivity contribution in [3.05, 3.63) is 48.2 Å². The number of fused-ring (bicyclic) bond motifs is 1. The largest absolute Gasteiger partial charge is 0.464 e. The quantitative estimate of drug-likeness (QED) is 0.880. The monoisotopic (exact) mass is 325 g/mol. The number of carbonyl (C=O) groups is 2. The molecule has 0 saturated carbocycles. The minimum absolute atomic E-state index is 0.404. The van der Waals surface area contributed by atoms with Crippen molar-refractivity contribution in [1.29, 1.82) is 0 Å².